The minimum absolute atomic E-state index is 0.0625. The fraction of sp³-hybridized carbons (Fsp3) is 0.259. The molecule has 3 aromatic heterocycles. The first kappa shape index (κ1) is 23.7. The van der Waals surface area contributed by atoms with Gasteiger partial charge in [-0.25, -0.2) is 4.98 Å². The van der Waals surface area contributed by atoms with E-state index in [2.05, 4.69) is 15.0 Å². The first-order chi connectivity index (χ1) is 17.2. The molecular weight excluding hydrogens is 467 g/mol. The number of halogens is 3. The van der Waals surface area contributed by atoms with Crippen molar-refractivity contribution in [2.45, 2.75) is 44.9 Å². The van der Waals surface area contributed by atoms with Crippen molar-refractivity contribution in [1.29, 1.82) is 0 Å². The average Bonchev–Trinajstić information content (AvgIpc) is 2.87. The summed E-state index contributed by atoms with van der Waals surface area (Å²) in [6, 6.07) is 13.0. The molecule has 0 fully saturated rings. The number of fused-ring (bicyclic) bond motifs is 2. The SMILES string of the molecule is Cc1cc2cc(C(=O)N(Cc3ccc(C(F)(F)F)cn3)[C@H]3CCCc4ncccc43)ccc2nc1N. The van der Waals surface area contributed by atoms with Gasteiger partial charge < -0.3 is 10.6 Å². The fourth-order valence-electron chi connectivity index (χ4n) is 4.68. The molecule has 1 amide bonds. The number of anilines is 1. The number of nitrogens with zero attached hydrogens (tertiary/aromatic N) is 4. The number of benzene rings is 1. The molecular formula is C27H24F3N5O. The van der Waals surface area contributed by atoms with Crippen LogP contribution in [0.4, 0.5) is 19.0 Å². The van der Waals surface area contributed by atoms with E-state index in [9.17, 15) is 18.0 Å². The molecule has 36 heavy (non-hydrogen) atoms. The molecule has 0 radical (unpaired) electrons. The van der Waals surface area contributed by atoms with Gasteiger partial charge in [-0.05, 0) is 79.8 Å². The smallest absolute Gasteiger partial charge is 0.383 e. The minimum atomic E-state index is -4.48. The molecule has 5 rings (SSSR count). The van der Waals surface area contributed by atoms with Crippen LogP contribution in [0.3, 0.4) is 0 Å². The number of nitrogens with two attached hydrogens (primary N) is 1. The summed E-state index contributed by atoms with van der Waals surface area (Å²) in [4.78, 5) is 28.5. The molecule has 4 aromatic rings. The number of hydrogen-bond donors (Lipinski definition) is 1. The number of carbonyl (C=O) groups is 1. The zero-order chi connectivity index (χ0) is 25.4. The summed E-state index contributed by atoms with van der Waals surface area (Å²) >= 11 is 0. The topological polar surface area (TPSA) is 85.0 Å². The van der Waals surface area contributed by atoms with Crippen molar-refractivity contribution in [3.8, 4) is 0 Å². The van der Waals surface area contributed by atoms with E-state index in [0.717, 1.165) is 53.7 Å². The molecule has 1 atom stereocenters. The highest BCUT2D eigenvalue weighted by atomic mass is 19.4. The Morgan fingerprint density at radius 2 is 1.97 bits per heavy atom. The Kier molecular flexibility index (Phi) is 6.07. The van der Waals surface area contributed by atoms with E-state index in [1.165, 1.54) is 6.07 Å². The summed E-state index contributed by atoms with van der Waals surface area (Å²) in [5, 5.41) is 0.783. The van der Waals surface area contributed by atoms with Crippen molar-refractivity contribution >= 4 is 22.6 Å². The first-order valence-electron chi connectivity index (χ1n) is 11.6. The molecule has 0 bridgehead atoms. The fourth-order valence-corrected chi connectivity index (χ4v) is 4.68. The van der Waals surface area contributed by atoms with E-state index in [4.69, 9.17) is 5.73 Å². The molecule has 0 saturated carbocycles. The lowest BCUT2D eigenvalue weighted by Gasteiger charge is -2.35. The highest BCUT2D eigenvalue weighted by Gasteiger charge is 2.33. The standard InChI is InChI=1S/C27H24F3N5O/c1-16-12-18-13-17(7-10-22(18)34-25(16)31)26(36)35(15-20-9-8-19(14-33-20)27(28,29)30)24-6-2-5-23-21(24)4-3-11-32-23/h3-4,7-14,24H,2,5-6,15H2,1H3,(H2,31,34)/t24-/m0/s1. The lowest BCUT2D eigenvalue weighted by Crippen LogP contribution is -2.36. The molecule has 2 N–H and O–H groups in total. The monoisotopic (exact) mass is 491 g/mol. The zero-order valence-corrected chi connectivity index (χ0v) is 19.6. The van der Waals surface area contributed by atoms with Crippen molar-refractivity contribution in [3.63, 3.8) is 0 Å². The zero-order valence-electron chi connectivity index (χ0n) is 19.6. The van der Waals surface area contributed by atoms with E-state index >= 15 is 0 Å². The number of pyridine rings is 3. The number of aromatic nitrogens is 3. The lowest BCUT2D eigenvalue weighted by atomic mass is 9.89. The first-order valence-corrected chi connectivity index (χ1v) is 11.6. The highest BCUT2D eigenvalue weighted by Crippen LogP contribution is 2.36. The number of aryl methyl sites for hydroxylation is 2. The molecule has 1 aliphatic carbocycles. The van der Waals surface area contributed by atoms with Crippen LogP contribution in [0.2, 0.25) is 0 Å². The third-order valence-electron chi connectivity index (χ3n) is 6.59. The van der Waals surface area contributed by atoms with Gasteiger partial charge in [0, 0.05) is 29.0 Å². The van der Waals surface area contributed by atoms with Gasteiger partial charge in [0.15, 0.2) is 0 Å². The molecule has 1 aromatic carbocycles. The van der Waals surface area contributed by atoms with Crippen LogP contribution in [-0.2, 0) is 19.1 Å². The second-order valence-corrected chi connectivity index (χ2v) is 9.01. The van der Waals surface area contributed by atoms with Gasteiger partial charge in [-0.15, -0.1) is 0 Å². The number of carbonyl (C=O) groups excluding carboxylic acids is 1. The summed E-state index contributed by atoms with van der Waals surface area (Å²) in [5.41, 5.74) is 9.31. The second kappa shape index (κ2) is 9.22. The molecule has 0 saturated heterocycles. The van der Waals surface area contributed by atoms with Gasteiger partial charge >= 0.3 is 6.18 Å². The summed E-state index contributed by atoms with van der Waals surface area (Å²) in [5.74, 6) is 0.192. The maximum Gasteiger partial charge on any atom is 0.417 e. The molecule has 6 nitrogen and oxygen atoms in total. The van der Waals surface area contributed by atoms with Gasteiger partial charge in [0.1, 0.15) is 5.82 Å². The average molecular weight is 492 g/mol. The van der Waals surface area contributed by atoms with Crippen molar-refractivity contribution in [1.82, 2.24) is 19.9 Å². The molecule has 184 valence electrons. The maximum atomic E-state index is 13.9. The Morgan fingerprint density at radius 1 is 1.14 bits per heavy atom. The van der Waals surface area contributed by atoms with Gasteiger partial charge in [0.25, 0.3) is 5.91 Å². The Morgan fingerprint density at radius 3 is 2.72 bits per heavy atom. The predicted octanol–water partition coefficient (Wildman–Crippen LogP) is 5.65. The molecule has 0 spiro atoms. The van der Waals surface area contributed by atoms with Crippen LogP contribution in [0.5, 0.6) is 0 Å². The van der Waals surface area contributed by atoms with Crippen LogP contribution >= 0.6 is 0 Å². The largest absolute Gasteiger partial charge is 0.417 e. The number of amides is 1. The third-order valence-corrected chi connectivity index (χ3v) is 6.59. The van der Waals surface area contributed by atoms with Crippen molar-refractivity contribution in [2.24, 2.45) is 0 Å². The van der Waals surface area contributed by atoms with Crippen LogP contribution in [0.15, 0.2) is 60.9 Å². The van der Waals surface area contributed by atoms with Crippen molar-refractivity contribution < 1.29 is 18.0 Å². The van der Waals surface area contributed by atoms with E-state index in [-0.39, 0.29) is 18.5 Å². The van der Waals surface area contributed by atoms with Gasteiger partial charge in [-0.3, -0.25) is 14.8 Å². The van der Waals surface area contributed by atoms with Crippen LogP contribution in [0.1, 0.15) is 57.3 Å². The predicted molar refractivity (Wildman–Crippen MR) is 130 cm³/mol. The summed E-state index contributed by atoms with van der Waals surface area (Å²) < 4.78 is 39.1. The normalized spacial score (nSPS) is 15.5. The van der Waals surface area contributed by atoms with Gasteiger partial charge in [0.2, 0.25) is 0 Å². The minimum Gasteiger partial charge on any atom is -0.383 e. The van der Waals surface area contributed by atoms with E-state index in [1.54, 1.807) is 29.3 Å². The van der Waals surface area contributed by atoms with Crippen molar-refractivity contribution in [2.75, 3.05) is 5.73 Å². The van der Waals surface area contributed by atoms with Gasteiger partial charge in [-0.2, -0.15) is 13.2 Å². The molecule has 9 heteroatoms. The summed E-state index contributed by atoms with van der Waals surface area (Å²) in [7, 11) is 0. The number of rotatable bonds is 4. The van der Waals surface area contributed by atoms with E-state index in [1.807, 2.05) is 25.1 Å². The highest BCUT2D eigenvalue weighted by molar-refractivity contribution is 5.98. The maximum absolute atomic E-state index is 13.9. The summed E-state index contributed by atoms with van der Waals surface area (Å²) in [6.07, 6.45) is 0.443. The number of hydrogen-bond acceptors (Lipinski definition) is 5. The third kappa shape index (κ3) is 4.60. The van der Waals surface area contributed by atoms with Crippen LogP contribution < -0.4 is 5.73 Å². The molecule has 0 aliphatic heterocycles. The Hall–Kier alpha value is -4.01. The molecule has 1 aliphatic rings. The number of nitrogen functional groups attached to an aromatic ring is 1. The molecule has 3 heterocycles. The van der Waals surface area contributed by atoms with Crippen LogP contribution in [0.25, 0.3) is 10.9 Å². The van der Waals surface area contributed by atoms with Crippen LogP contribution in [0, 0.1) is 6.92 Å². The second-order valence-electron chi connectivity index (χ2n) is 9.01. The van der Waals surface area contributed by atoms with Crippen LogP contribution in [-0.4, -0.2) is 25.8 Å². The Bertz CT molecular complexity index is 1440. The van der Waals surface area contributed by atoms with Crippen molar-refractivity contribution in [3.05, 3.63) is 94.6 Å². The lowest BCUT2D eigenvalue weighted by molar-refractivity contribution is -0.137. The molecule has 0 unspecified atom stereocenters. The van der Waals surface area contributed by atoms with E-state index in [0.29, 0.717) is 22.6 Å². The van der Waals surface area contributed by atoms with Gasteiger partial charge in [-0.1, -0.05) is 6.07 Å². The van der Waals surface area contributed by atoms with Gasteiger partial charge in [0.05, 0.1) is 29.4 Å². The summed E-state index contributed by atoms with van der Waals surface area (Å²) in [6.45, 7) is 1.91. The Labute approximate surface area is 206 Å². The van der Waals surface area contributed by atoms with E-state index < -0.39 is 11.7 Å². The quantitative estimate of drug-likeness (QED) is 0.399. The Balaban J connectivity index is 1.54. The number of alkyl halides is 3.